The summed E-state index contributed by atoms with van der Waals surface area (Å²) in [5.41, 5.74) is 1.75. The van der Waals surface area contributed by atoms with Gasteiger partial charge >= 0.3 is 0 Å². The van der Waals surface area contributed by atoms with Gasteiger partial charge in [-0.25, -0.2) is 0 Å². The molecule has 0 bridgehead atoms. The normalized spacial score (nSPS) is 11.0. The van der Waals surface area contributed by atoms with Gasteiger partial charge in [0, 0.05) is 14.9 Å². The first-order valence-corrected chi connectivity index (χ1v) is 9.18. The van der Waals surface area contributed by atoms with E-state index in [1.807, 2.05) is 53.9 Å². The van der Waals surface area contributed by atoms with Crippen molar-refractivity contribution in [3.8, 4) is 0 Å². The standard InChI is InChI=1S/C20H13BrNOS/c21-16-6-8-18-15(12-24-19(18)11-16)10-20(23)22-17-7-5-13-3-1-2-4-14(13)9-17/h1-12H,(H,22,23). The smallest absolute Gasteiger partial charge is 0.233 e. The Morgan fingerprint density at radius 3 is 2.71 bits per heavy atom. The highest BCUT2D eigenvalue weighted by Crippen LogP contribution is 2.30. The Morgan fingerprint density at radius 1 is 1.00 bits per heavy atom. The monoisotopic (exact) mass is 394 g/mol. The number of halogens is 1. The fraction of sp³-hybridized carbons (Fsp3) is 0. The van der Waals surface area contributed by atoms with E-state index in [2.05, 4.69) is 33.4 Å². The molecule has 1 heterocycles. The summed E-state index contributed by atoms with van der Waals surface area (Å²) < 4.78 is 2.21. The number of thiophene rings is 1. The number of benzene rings is 3. The molecule has 4 heteroatoms. The minimum atomic E-state index is -0.118. The van der Waals surface area contributed by atoms with E-state index in [1.165, 1.54) is 0 Å². The van der Waals surface area contributed by atoms with Gasteiger partial charge < -0.3 is 5.32 Å². The second-order valence-electron chi connectivity index (χ2n) is 5.53. The van der Waals surface area contributed by atoms with E-state index in [1.54, 1.807) is 17.8 Å². The second kappa shape index (κ2) is 6.38. The van der Waals surface area contributed by atoms with Gasteiger partial charge in [-0.3, -0.25) is 4.79 Å². The maximum atomic E-state index is 12.4. The molecular weight excluding hydrogens is 382 g/mol. The van der Waals surface area contributed by atoms with Gasteiger partial charge in [0.05, 0.1) is 6.42 Å². The lowest BCUT2D eigenvalue weighted by Gasteiger charge is -2.06. The van der Waals surface area contributed by atoms with Crippen LogP contribution in [0.2, 0.25) is 0 Å². The Balaban J connectivity index is 1.54. The number of hydrogen-bond acceptors (Lipinski definition) is 2. The van der Waals surface area contributed by atoms with E-state index in [0.717, 1.165) is 36.6 Å². The van der Waals surface area contributed by atoms with Gasteiger partial charge in [0.2, 0.25) is 5.91 Å². The molecule has 1 aromatic heterocycles. The minimum absolute atomic E-state index is 0.118. The molecule has 0 spiro atoms. The average Bonchev–Trinajstić information content (AvgIpc) is 2.96. The summed E-state index contributed by atoms with van der Waals surface area (Å²) in [6.45, 7) is 0. The van der Waals surface area contributed by atoms with Crippen molar-refractivity contribution >= 4 is 59.7 Å². The molecule has 117 valence electrons. The molecule has 0 saturated heterocycles. The van der Waals surface area contributed by atoms with E-state index in [0.29, 0.717) is 0 Å². The van der Waals surface area contributed by atoms with E-state index in [4.69, 9.17) is 0 Å². The third-order valence-electron chi connectivity index (χ3n) is 3.87. The van der Waals surface area contributed by atoms with Gasteiger partial charge in [-0.15, -0.1) is 11.3 Å². The van der Waals surface area contributed by atoms with Gasteiger partial charge in [0.25, 0.3) is 0 Å². The van der Waals surface area contributed by atoms with Crippen LogP contribution < -0.4 is 5.32 Å². The highest BCUT2D eigenvalue weighted by Gasteiger charge is 2.10. The number of rotatable bonds is 3. The van der Waals surface area contributed by atoms with Crippen LogP contribution in [-0.4, -0.2) is 5.91 Å². The van der Waals surface area contributed by atoms with Crippen LogP contribution in [-0.2, 0) is 4.79 Å². The molecule has 4 aromatic rings. The van der Waals surface area contributed by atoms with Crippen LogP contribution in [0.15, 0.2) is 70.5 Å². The number of carbonyl (C=O) groups is 1. The van der Waals surface area contributed by atoms with Crippen molar-refractivity contribution in [3.05, 3.63) is 82.5 Å². The summed E-state index contributed by atoms with van der Waals surface area (Å²) in [7, 11) is 0. The molecule has 3 aromatic carbocycles. The summed E-state index contributed by atoms with van der Waals surface area (Å²) in [5.74, 6) is -0.118. The largest absolute Gasteiger partial charge is 0.326 e. The molecule has 24 heavy (non-hydrogen) atoms. The lowest BCUT2D eigenvalue weighted by Crippen LogP contribution is -2.12. The molecule has 1 radical (unpaired) electrons. The first-order valence-electron chi connectivity index (χ1n) is 7.50. The number of fused-ring (bicyclic) bond motifs is 2. The van der Waals surface area contributed by atoms with Crippen molar-refractivity contribution in [2.24, 2.45) is 0 Å². The maximum Gasteiger partial charge on any atom is 0.233 e. The third-order valence-corrected chi connectivity index (χ3v) is 5.33. The van der Waals surface area contributed by atoms with Crippen molar-refractivity contribution in [2.75, 3.05) is 5.32 Å². The number of nitrogens with one attached hydrogen (secondary N) is 1. The van der Waals surface area contributed by atoms with E-state index >= 15 is 0 Å². The summed E-state index contributed by atoms with van der Waals surface area (Å²) in [6.07, 6.45) is 1.65. The van der Waals surface area contributed by atoms with E-state index in [-0.39, 0.29) is 5.91 Å². The van der Waals surface area contributed by atoms with Gasteiger partial charge in [0.15, 0.2) is 0 Å². The Morgan fingerprint density at radius 2 is 1.83 bits per heavy atom. The number of carbonyl (C=O) groups excluding carboxylic acids is 1. The number of amides is 1. The Hall–Kier alpha value is -2.17. The fourth-order valence-electron chi connectivity index (χ4n) is 2.72. The number of hydrogen-bond donors (Lipinski definition) is 1. The minimum Gasteiger partial charge on any atom is -0.326 e. The molecule has 0 atom stereocenters. The second-order valence-corrected chi connectivity index (χ2v) is 7.35. The predicted octanol–water partition coefficient (Wildman–Crippen LogP) is 6.01. The molecule has 1 amide bonds. The zero-order valence-electron chi connectivity index (χ0n) is 12.6. The van der Waals surface area contributed by atoms with Crippen LogP contribution in [0.25, 0.3) is 20.9 Å². The van der Waals surface area contributed by atoms with Crippen molar-refractivity contribution in [1.29, 1.82) is 0 Å². The Bertz CT molecular complexity index is 1050. The van der Waals surface area contributed by atoms with Gasteiger partial charge in [0.1, 0.15) is 0 Å². The zero-order chi connectivity index (χ0) is 16.5. The number of anilines is 1. The third kappa shape index (κ3) is 3.07. The van der Waals surface area contributed by atoms with Crippen molar-refractivity contribution < 1.29 is 4.79 Å². The maximum absolute atomic E-state index is 12.4. The summed E-state index contributed by atoms with van der Waals surface area (Å²) in [4.78, 5) is 12.4. The lowest BCUT2D eigenvalue weighted by atomic mass is 10.1. The zero-order valence-corrected chi connectivity index (χ0v) is 15.0. The van der Waals surface area contributed by atoms with Crippen LogP contribution in [0.4, 0.5) is 5.69 Å². The van der Waals surface area contributed by atoms with E-state index < -0.39 is 0 Å². The van der Waals surface area contributed by atoms with Crippen molar-refractivity contribution in [2.45, 2.75) is 0 Å². The van der Waals surface area contributed by atoms with Crippen molar-refractivity contribution in [3.63, 3.8) is 0 Å². The average molecular weight is 395 g/mol. The van der Waals surface area contributed by atoms with Gasteiger partial charge in [-0.2, -0.15) is 0 Å². The molecule has 0 aliphatic heterocycles. The van der Waals surface area contributed by atoms with Crippen LogP contribution in [0.1, 0.15) is 5.56 Å². The Kier molecular flexibility index (Phi) is 4.08. The SMILES string of the molecule is O=C([CH]c1csc2cc(Br)ccc12)Nc1ccc2ccccc2c1. The molecule has 0 aliphatic carbocycles. The van der Waals surface area contributed by atoms with Crippen LogP contribution in [0.3, 0.4) is 0 Å². The highest BCUT2D eigenvalue weighted by atomic mass is 79.9. The molecule has 0 unspecified atom stereocenters. The first kappa shape index (κ1) is 15.4. The quantitative estimate of drug-likeness (QED) is 0.452. The van der Waals surface area contributed by atoms with Gasteiger partial charge in [-0.1, -0.05) is 52.3 Å². The summed E-state index contributed by atoms with van der Waals surface area (Å²) >= 11 is 5.11. The van der Waals surface area contributed by atoms with Crippen LogP contribution in [0, 0.1) is 6.42 Å². The fourth-order valence-corrected chi connectivity index (χ4v) is 4.19. The topological polar surface area (TPSA) is 29.1 Å². The van der Waals surface area contributed by atoms with E-state index in [9.17, 15) is 4.79 Å². The van der Waals surface area contributed by atoms with Crippen LogP contribution in [0.5, 0.6) is 0 Å². The first-order chi connectivity index (χ1) is 11.7. The summed E-state index contributed by atoms with van der Waals surface area (Å²) in [6, 6.07) is 20.1. The molecule has 0 fully saturated rings. The molecular formula is C20H13BrNOS. The molecule has 1 N–H and O–H groups in total. The van der Waals surface area contributed by atoms with Crippen molar-refractivity contribution in [1.82, 2.24) is 0 Å². The van der Waals surface area contributed by atoms with Crippen LogP contribution >= 0.6 is 27.3 Å². The molecule has 0 saturated carbocycles. The highest BCUT2D eigenvalue weighted by molar-refractivity contribution is 9.10. The lowest BCUT2D eigenvalue weighted by molar-refractivity contribution is -0.112. The summed E-state index contributed by atoms with van der Waals surface area (Å²) in [5, 5.41) is 8.33. The van der Waals surface area contributed by atoms with Gasteiger partial charge in [-0.05, 0) is 51.4 Å². The molecule has 2 nitrogen and oxygen atoms in total. The Labute approximate surface area is 152 Å². The molecule has 4 rings (SSSR count). The predicted molar refractivity (Wildman–Crippen MR) is 106 cm³/mol. The molecule has 0 aliphatic rings.